The summed E-state index contributed by atoms with van der Waals surface area (Å²) in [4.78, 5) is 13.7. The molecule has 1 N–H and O–H groups in total. The van der Waals surface area contributed by atoms with Crippen LogP contribution in [-0.2, 0) is 4.74 Å². The number of ether oxygens (including phenoxy) is 1. The van der Waals surface area contributed by atoms with Crippen LogP contribution >= 0.6 is 0 Å². The highest BCUT2D eigenvalue weighted by atomic mass is 16.6. The summed E-state index contributed by atoms with van der Waals surface area (Å²) >= 11 is 0. The van der Waals surface area contributed by atoms with Crippen LogP contribution in [0, 0.1) is 5.92 Å². The van der Waals surface area contributed by atoms with Gasteiger partial charge in [0.1, 0.15) is 5.60 Å². The zero-order chi connectivity index (χ0) is 13.2. The van der Waals surface area contributed by atoms with Crippen LogP contribution in [0.4, 0.5) is 4.79 Å². The van der Waals surface area contributed by atoms with E-state index in [1.807, 2.05) is 34.6 Å². The molecule has 1 aliphatic rings. The Kier molecular flexibility index (Phi) is 4.42. The SMILES string of the molecule is CC(C)C(O)CN(C(=O)OC(C)(C)C)C1CC1. The summed E-state index contributed by atoms with van der Waals surface area (Å²) in [6.07, 6.45) is 1.25. The third kappa shape index (κ3) is 4.94. The van der Waals surface area contributed by atoms with Crippen LogP contribution < -0.4 is 0 Å². The second-order valence-electron chi connectivity index (χ2n) is 6.18. The van der Waals surface area contributed by atoms with Crippen molar-refractivity contribution in [1.29, 1.82) is 0 Å². The number of aliphatic hydroxyl groups excluding tert-OH is 1. The summed E-state index contributed by atoms with van der Waals surface area (Å²) in [6.45, 7) is 9.84. The molecule has 0 aromatic heterocycles. The molecule has 100 valence electrons. The first-order valence-corrected chi connectivity index (χ1v) is 6.38. The van der Waals surface area contributed by atoms with Gasteiger partial charge in [0.2, 0.25) is 0 Å². The molecule has 1 saturated carbocycles. The molecule has 17 heavy (non-hydrogen) atoms. The Morgan fingerprint density at radius 1 is 1.41 bits per heavy atom. The highest BCUT2D eigenvalue weighted by Crippen LogP contribution is 2.29. The van der Waals surface area contributed by atoms with Crippen LogP contribution in [0.3, 0.4) is 0 Å². The van der Waals surface area contributed by atoms with Crippen LogP contribution in [0.25, 0.3) is 0 Å². The molecule has 0 spiro atoms. The number of carbonyl (C=O) groups excluding carboxylic acids is 1. The Morgan fingerprint density at radius 3 is 2.29 bits per heavy atom. The normalized spacial score (nSPS) is 18.1. The van der Waals surface area contributed by atoms with Gasteiger partial charge in [0.05, 0.1) is 12.6 Å². The van der Waals surface area contributed by atoms with E-state index in [0.717, 1.165) is 12.8 Å². The highest BCUT2D eigenvalue weighted by Gasteiger charge is 2.36. The van der Waals surface area contributed by atoms with Crippen molar-refractivity contribution in [3.8, 4) is 0 Å². The number of aliphatic hydroxyl groups is 1. The van der Waals surface area contributed by atoms with Crippen molar-refractivity contribution in [2.75, 3.05) is 6.54 Å². The topological polar surface area (TPSA) is 49.8 Å². The minimum absolute atomic E-state index is 0.152. The molecule has 0 saturated heterocycles. The molecule has 1 fully saturated rings. The van der Waals surface area contributed by atoms with Gasteiger partial charge in [0, 0.05) is 6.04 Å². The first kappa shape index (κ1) is 14.3. The molecule has 0 aromatic rings. The van der Waals surface area contributed by atoms with Crippen LogP contribution in [0.1, 0.15) is 47.5 Å². The smallest absolute Gasteiger partial charge is 0.410 e. The third-order valence-electron chi connectivity index (χ3n) is 2.77. The predicted octanol–water partition coefficient (Wildman–Crippen LogP) is 2.40. The van der Waals surface area contributed by atoms with Crippen molar-refractivity contribution in [3.63, 3.8) is 0 Å². The Bertz CT molecular complexity index is 266. The van der Waals surface area contributed by atoms with E-state index in [2.05, 4.69) is 0 Å². The van der Waals surface area contributed by atoms with E-state index < -0.39 is 11.7 Å². The number of hydrogen-bond donors (Lipinski definition) is 1. The summed E-state index contributed by atoms with van der Waals surface area (Å²) < 4.78 is 5.36. The zero-order valence-electron chi connectivity index (χ0n) is 11.6. The van der Waals surface area contributed by atoms with Gasteiger partial charge in [0.25, 0.3) is 0 Å². The Balaban J connectivity index is 2.57. The number of nitrogens with zero attached hydrogens (tertiary/aromatic N) is 1. The summed E-state index contributed by atoms with van der Waals surface area (Å²) in [5, 5.41) is 9.87. The van der Waals surface area contributed by atoms with Gasteiger partial charge < -0.3 is 14.7 Å². The molecule has 1 aliphatic carbocycles. The fourth-order valence-electron chi connectivity index (χ4n) is 1.49. The van der Waals surface area contributed by atoms with Gasteiger partial charge in [-0.3, -0.25) is 0 Å². The van der Waals surface area contributed by atoms with Crippen molar-refractivity contribution in [2.45, 2.75) is 65.2 Å². The van der Waals surface area contributed by atoms with Crippen molar-refractivity contribution >= 4 is 6.09 Å². The Hall–Kier alpha value is -0.770. The Morgan fingerprint density at radius 2 is 1.94 bits per heavy atom. The van der Waals surface area contributed by atoms with Crippen LogP contribution in [-0.4, -0.2) is 40.4 Å². The van der Waals surface area contributed by atoms with Crippen molar-refractivity contribution < 1.29 is 14.6 Å². The lowest BCUT2D eigenvalue weighted by atomic mass is 10.1. The maximum Gasteiger partial charge on any atom is 0.410 e. The average Bonchev–Trinajstić information content (AvgIpc) is 2.93. The number of carbonyl (C=O) groups is 1. The molecular weight excluding hydrogens is 218 g/mol. The molecule has 0 aliphatic heterocycles. The first-order valence-electron chi connectivity index (χ1n) is 6.38. The number of hydrogen-bond acceptors (Lipinski definition) is 3. The van der Waals surface area contributed by atoms with E-state index in [1.165, 1.54) is 0 Å². The van der Waals surface area contributed by atoms with Crippen molar-refractivity contribution in [3.05, 3.63) is 0 Å². The van der Waals surface area contributed by atoms with E-state index in [-0.39, 0.29) is 18.1 Å². The standard InChI is InChI=1S/C13H25NO3/c1-9(2)11(15)8-14(10-6-7-10)12(16)17-13(3,4)5/h9-11,15H,6-8H2,1-5H3. The summed E-state index contributed by atoms with van der Waals surface area (Å²) in [5.41, 5.74) is -0.479. The second-order valence-corrected chi connectivity index (χ2v) is 6.18. The van der Waals surface area contributed by atoms with Gasteiger partial charge in [-0.05, 0) is 39.5 Å². The molecule has 1 amide bonds. The minimum atomic E-state index is -0.483. The lowest BCUT2D eigenvalue weighted by molar-refractivity contribution is 0.00730. The minimum Gasteiger partial charge on any atom is -0.444 e. The second kappa shape index (κ2) is 5.25. The van der Waals surface area contributed by atoms with E-state index in [0.29, 0.717) is 6.54 Å². The van der Waals surface area contributed by atoms with Gasteiger partial charge in [-0.1, -0.05) is 13.8 Å². The number of amides is 1. The van der Waals surface area contributed by atoms with Gasteiger partial charge in [0.15, 0.2) is 0 Å². The van der Waals surface area contributed by atoms with Crippen LogP contribution in [0.5, 0.6) is 0 Å². The lowest BCUT2D eigenvalue weighted by Gasteiger charge is -2.29. The van der Waals surface area contributed by atoms with Crippen LogP contribution in [0.15, 0.2) is 0 Å². The van der Waals surface area contributed by atoms with Crippen molar-refractivity contribution in [2.24, 2.45) is 5.92 Å². The van der Waals surface area contributed by atoms with Gasteiger partial charge in [-0.25, -0.2) is 4.79 Å². The van der Waals surface area contributed by atoms with E-state index in [9.17, 15) is 9.90 Å². The third-order valence-corrected chi connectivity index (χ3v) is 2.77. The average molecular weight is 243 g/mol. The molecule has 4 heteroatoms. The van der Waals surface area contributed by atoms with E-state index >= 15 is 0 Å². The van der Waals surface area contributed by atoms with E-state index in [1.54, 1.807) is 4.90 Å². The molecule has 1 unspecified atom stereocenters. The maximum atomic E-state index is 12.0. The molecular formula is C13H25NO3. The summed E-state index contributed by atoms with van der Waals surface area (Å²) in [5.74, 6) is 0.152. The fraction of sp³-hybridized carbons (Fsp3) is 0.923. The predicted molar refractivity (Wildman–Crippen MR) is 66.8 cm³/mol. The van der Waals surface area contributed by atoms with Gasteiger partial charge >= 0.3 is 6.09 Å². The molecule has 0 aromatic carbocycles. The van der Waals surface area contributed by atoms with E-state index in [4.69, 9.17) is 4.74 Å². The lowest BCUT2D eigenvalue weighted by Crippen LogP contribution is -2.43. The fourth-order valence-corrected chi connectivity index (χ4v) is 1.49. The van der Waals surface area contributed by atoms with Gasteiger partial charge in [-0.15, -0.1) is 0 Å². The highest BCUT2D eigenvalue weighted by molar-refractivity contribution is 5.69. The maximum absolute atomic E-state index is 12.0. The quantitative estimate of drug-likeness (QED) is 0.825. The van der Waals surface area contributed by atoms with Crippen molar-refractivity contribution in [1.82, 2.24) is 4.90 Å². The van der Waals surface area contributed by atoms with Crippen LogP contribution in [0.2, 0.25) is 0 Å². The first-order chi connectivity index (χ1) is 7.70. The molecule has 0 heterocycles. The van der Waals surface area contributed by atoms with Gasteiger partial charge in [-0.2, -0.15) is 0 Å². The summed E-state index contributed by atoms with van der Waals surface area (Å²) in [6, 6.07) is 0.262. The monoisotopic (exact) mass is 243 g/mol. The molecule has 4 nitrogen and oxygen atoms in total. The summed E-state index contributed by atoms with van der Waals surface area (Å²) in [7, 11) is 0. The Labute approximate surface area is 104 Å². The largest absolute Gasteiger partial charge is 0.444 e. The molecule has 1 atom stereocenters. The molecule has 0 radical (unpaired) electrons. The zero-order valence-corrected chi connectivity index (χ0v) is 11.6. The molecule has 1 rings (SSSR count). The molecule has 0 bridgehead atoms. The number of rotatable bonds is 4.